The maximum atomic E-state index is 5.75. The van der Waals surface area contributed by atoms with Crippen molar-refractivity contribution in [2.45, 2.75) is 25.9 Å². The van der Waals surface area contributed by atoms with Crippen LogP contribution in [0.3, 0.4) is 0 Å². The quantitative estimate of drug-likeness (QED) is 0.773. The van der Waals surface area contributed by atoms with Crippen molar-refractivity contribution >= 4 is 0 Å². The minimum Gasteiger partial charge on any atom is -0.491 e. The van der Waals surface area contributed by atoms with Crippen LogP contribution in [0.5, 0.6) is 5.75 Å². The average Bonchev–Trinajstić information content (AvgIpc) is 2.44. The number of hydrogen-bond acceptors (Lipinski definition) is 3. The first-order valence-electron chi connectivity index (χ1n) is 6.90. The third kappa shape index (κ3) is 4.31. The van der Waals surface area contributed by atoms with Crippen LogP contribution < -0.4 is 4.74 Å². The van der Waals surface area contributed by atoms with Gasteiger partial charge in [0, 0.05) is 13.1 Å². The normalized spacial score (nSPS) is 20.8. The molecule has 1 fully saturated rings. The van der Waals surface area contributed by atoms with Crippen molar-refractivity contribution in [3.63, 3.8) is 0 Å². The van der Waals surface area contributed by atoms with Gasteiger partial charge < -0.3 is 9.47 Å². The van der Waals surface area contributed by atoms with E-state index in [4.69, 9.17) is 9.47 Å². The summed E-state index contributed by atoms with van der Waals surface area (Å²) < 4.78 is 11.5. The minimum atomic E-state index is 0.204. The molecule has 0 bridgehead atoms. The standard InChI is InChI=1S/C15H23NO2/c1-2-3-9-16-10-11-17-15(12-16)13-18-14-7-5-4-6-8-14/h4-8,15H,2-3,9-13H2,1H3. The number of para-hydroxylation sites is 1. The summed E-state index contributed by atoms with van der Waals surface area (Å²) >= 11 is 0. The van der Waals surface area contributed by atoms with Crippen LogP contribution in [0.25, 0.3) is 0 Å². The van der Waals surface area contributed by atoms with E-state index in [0.29, 0.717) is 6.61 Å². The molecule has 0 N–H and O–H groups in total. The van der Waals surface area contributed by atoms with Gasteiger partial charge in [0.25, 0.3) is 0 Å². The molecule has 1 aromatic carbocycles. The molecule has 0 spiro atoms. The molecule has 100 valence electrons. The van der Waals surface area contributed by atoms with E-state index in [1.165, 1.54) is 19.4 Å². The molecule has 0 saturated carbocycles. The third-order valence-corrected chi connectivity index (χ3v) is 3.23. The molecule has 3 heteroatoms. The van der Waals surface area contributed by atoms with Crippen LogP contribution in [0.1, 0.15) is 19.8 Å². The van der Waals surface area contributed by atoms with E-state index >= 15 is 0 Å². The number of hydrogen-bond donors (Lipinski definition) is 0. The maximum absolute atomic E-state index is 5.75. The highest BCUT2D eigenvalue weighted by molar-refractivity contribution is 5.20. The number of morpholine rings is 1. The van der Waals surface area contributed by atoms with Gasteiger partial charge in [0.05, 0.1) is 6.61 Å². The highest BCUT2D eigenvalue weighted by atomic mass is 16.5. The lowest BCUT2D eigenvalue weighted by Crippen LogP contribution is -2.45. The second-order valence-electron chi connectivity index (χ2n) is 4.77. The zero-order valence-corrected chi connectivity index (χ0v) is 11.2. The van der Waals surface area contributed by atoms with Crippen molar-refractivity contribution in [2.75, 3.05) is 32.8 Å². The van der Waals surface area contributed by atoms with Crippen LogP contribution >= 0.6 is 0 Å². The largest absolute Gasteiger partial charge is 0.491 e. The van der Waals surface area contributed by atoms with E-state index in [2.05, 4.69) is 11.8 Å². The summed E-state index contributed by atoms with van der Waals surface area (Å²) in [6, 6.07) is 9.95. The van der Waals surface area contributed by atoms with Gasteiger partial charge in [0.15, 0.2) is 0 Å². The van der Waals surface area contributed by atoms with Crippen LogP contribution in [0.2, 0.25) is 0 Å². The lowest BCUT2D eigenvalue weighted by Gasteiger charge is -2.32. The second kappa shape index (κ2) is 7.39. The van der Waals surface area contributed by atoms with Crippen LogP contribution in [-0.4, -0.2) is 43.9 Å². The van der Waals surface area contributed by atoms with Crippen molar-refractivity contribution < 1.29 is 9.47 Å². The lowest BCUT2D eigenvalue weighted by molar-refractivity contribution is -0.0481. The topological polar surface area (TPSA) is 21.7 Å². The Kier molecular flexibility index (Phi) is 5.49. The molecule has 1 aromatic rings. The Hall–Kier alpha value is -1.06. The van der Waals surface area contributed by atoms with Crippen LogP contribution in [-0.2, 0) is 4.74 Å². The van der Waals surface area contributed by atoms with E-state index in [1.807, 2.05) is 30.3 Å². The number of nitrogens with zero attached hydrogens (tertiary/aromatic N) is 1. The molecule has 18 heavy (non-hydrogen) atoms. The third-order valence-electron chi connectivity index (χ3n) is 3.23. The second-order valence-corrected chi connectivity index (χ2v) is 4.77. The molecule has 0 aliphatic carbocycles. The first kappa shape index (κ1) is 13.4. The summed E-state index contributed by atoms with van der Waals surface area (Å²) in [4.78, 5) is 2.48. The molecule has 1 aliphatic rings. The summed E-state index contributed by atoms with van der Waals surface area (Å²) in [6.07, 6.45) is 2.73. The summed E-state index contributed by atoms with van der Waals surface area (Å²) in [6.45, 7) is 6.94. The molecule has 0 amide bonds. The zero-order chi connectivity index (χ0) is 12.6. The molecule has 1 atom stereocenters. The Morgan fingerprint density at radius 2 is 2.17 bits per heavy atom. The van der Waals surface area contributed by atoms with Gasteiger partial charge in [0.1, 0.15) is 18.5 Å². The highest BCUT2D eigenvalue weighted by Gasteiger charge is 2.20. The SMILES string of the molecule is CCCCN1CCOC(COc2ccccc2)C1. The molecule has 3 nitrogen and oxygen atoms in total. The van der Waals surface area contributed by atoms with Crippen molar-refractivity contribution in [2.24, 2.45) is 0 Å². The zero-order valence-electron chi connectivity index (χ0n) is 11.2. The predicted molar refractivity (Wildman–Crippen MR) is 73.0 cm³/mol. The van der Waals surface area contributed by atoms with Gasteiger partial charge in [0.2, 0.25) is 0 Å². The van der Waals surface area contributed by atoms with Crippen LogP contribution in [0.15, 0.2) is 30.3 Å². The van der Waals surface area contributed by atoms with E-state index in [1.54, 1.807) is 0 Å². The van der Waals surface area contributed by atoms with Crippen molar-refractivity contribution in [1.29, 1.82) is 0 Å². The maximum Gasteiger partial charge on any atom is 0.119 e. The van der Waals surface area contributed by atoms with Gasteiger partial charge in [-0.05, 0) is 25.1 Å². The fourth-order valence-electron chi connectivity index (χ4n) is 2.17. The Morgan fingerprint density at radius 3 is 2.94 bits per heavy atom. The average molecular weight is 249 g/mol. The first-order chi connectivity index (χ1) is 8.88. The monoisotopic (exact) mass is 249 g/mol. The summed E-state index contributed by atoms with van der Waals surface area (Å²) in [5, 5.41) is 0. The lowest BCUT2D eigenvalue weighted by atomic mass is 10.2. The van der Waals surface area contributed by atoms with Gasteiger partial charge in [-0.3, -0.25) is 4.90 Å². The number of benzene rings is 1. The molecular formula is C15H23NO2. The Morgan fingerprint density at radius 1 is 1.33 bits per heavy atom. The Bertz CT molecular complexity index is 329. The first-order valence-corrected chi connectivity index (χ1v) is 6.90. The van der Waals surface area contributed by atoms with E-state index in [9.17, 15) is 0 Å². The van der Waals surface area contributed by atoms with E-state index in [0.717, 1.165) is 25.4 Å². The van der Waals surface area contributed by atoms with Gasteiger partial charge in [-0.25, -0.2) is 0 Å². The van der Waals surface area contributed by atoms with Gasteiger partial charge in [-0.15, -0.1) is 0 Å². The highest BCUT2D eigenvalue weighted by Crippen LogP contribution is 2.12. The van der Waals surface area contributed by atoms with Gasteiger partial charge in [-0.1, -0.05) is 31.5 Å². The van der Waals surface area contributed by atoms with Crippen LogP contribution in [0.4, 0.5) is 0 Å². The number of rotatable bonds is 6. The molecular weight excluding hydrogens is 226 g/mol. The molecule has 1 unspecified atom stereocenters. The fraction of sp³-hybridized carbons (Fsp3) is 0.600. The summed E-state index contributed by atoms with van der Waals surface area (Å²) in [5.41, 5.74) is 0. The Balaban J connectivity index is 1.72. The molecule has 1 saturated heterocycles. The van der Waals surface area contributed by atoms with Gasteiger partial charge >= 0.3 is 0 Å². The van der Waals surface area contributed by atoms with E-state index < -0.39 is 0 Å². The van der Waals surface area contributed by atoms with Gasteiger partial charge in [-0.2, -0.15) is 0 Å². The minimum absolute atomic E-state index is 0.204. The van der Waals surface area contributed by atoms with Crippen LogP contribution in [0, 0.1) is 0 Å². The number of ether oxygens (including phenoxy) is 2. The number of unbranched alkanes of at least 4 members (excludes halogenated alkanes) is 1. The predicted octanol–water partition coefficient (Wildman–Crippen LogP) is 2.57. The van der Waals surface area contributed by atoms with E-state index in [-0.39, 0.29) is 6.10 Å². The molecule has 0 radical (unpaired) electrons. The molecule has 0 aromatic heterocycles. The van der Waals surface area contributed by atoms with Crippen molar-refractivity contribution in [3.8, 4) is 5.75 Å². The smallest absolute Gasteiger partial charge is 0.119 e. The van der Waals surface area contributed by atoms with Crippen molar-refractivity contribution in [3.05, 3.63) is 30.3 Å². The van der Waals surface area contributed by atoms with Crippen molar-refractivity contribution in [1.82, 2.24) is 4.90 Å². The Labute approximate surface area is 110 Å². The molecule has 1 heterocycles. The summed E-state index contributed by atoms with van der Waals surface area (Å²) in [5.74, 6) is 0.923. The molecule has 2 rings (SSSR count). The fourth-order valence-corrected chi connectivity index (χ4v) is 2.17. The molecule has 1 aliphatic heterocycles. The summed E-state index contributed by atoms with van der Waals surface area (Å²) in [7, 11) is 0.